The van der Waals surface area contributed by atoms with Gasteiger partial charge in [-0.25, -0.2) is 0 Å². The van der Waals surface area contributed by atoms with Gasteiger partial charge in [0.05, 0.1) is 0 Å². The number of rotatable bonds is 9. The zero-order valence-electron chi connectivity index (χ0n) is 18.9. The van der Waals surface area contributed by atoms with Crippen LogP contribution in [0.2, 0.25) is 0 Å². The summed E-state index contributed by atoms with van der Waals surface area (Å²) < 4.78 is 0. The maximum absolute atomic E-state index is 13.8. The van der Waals surface area contributed by atoms with E-state index >= 15 is 0 Å². The van der Waals surface area contributed by atoms with Crippen molar-refractivity contribution < 1.29 is 19.9 Å². The van der Waals surface area contributed by atoms with Gasteiger partial charge in [0.25, 0.3) is 0 Å². The monoisotopic (exact) mass is 443 g/mol. The molecule has 2 fully saturated rings. The van der Waals surface area contributed by atoms with Gasteiger partial charge < -0.3 is 10.0 Å². The fourth-order valence-corrected chi connectivity index (χ4v) is 5.43. The Kier molecular flexibility index (Phi) is 9.09. The number of carboxylic acids is 1. The second kappa shape index (κ2) is 12.0. The molecule has 4 N–H and O–H groups in total. The average Bonchev–Trinajstić information content (AvgIpc) is 2.82. The molecule has 0 saturated heterocycles. The summed E-state index contributed by atoms with van der Waals surface area (Å²) in [5, 5.41) is 26.1. The normalized spacial score (nSPS) is 18.7. The van der Waals surface area contributed by atoms with E-state index in [0.717, 1.165) is 56.9 Å². The van der Waals surface area contributed by atoms with Crippen LogP contribution in [0.4, 0.5) is 0 Å². The van der Waals surface area contributed by atoms with Crippen molar-refractivity contribution in [2.45, 2.75) is 70.6 Å². The second-order valence-electron chi connectivity index (χ2n) is 9.51. The van der Waals surface area contributed by atoms with E-state index in [1.807, 2.05) is 17.6 Å². The van der Waals surface area contributed by atoms with Gasteiger partial charge in [-0.15, -0.1) is 0 Å². The van der Waals surface area contributed by atoms with Crippen LogP contribution in [0.25, 0.3) is 0 Å². The van der Waals surface area contributed by atoms with E-state index in [-0.39, 0.29) is 30.1 Å². The number of hydrogen-bond donors (Lipinski definition) is 4. The summed E-state index contributed by atoms with van der Waals surface area (Å²) in [6.45, 7) is 0.323. The molecule has 0 radical (unpaired) electrons. The number of carbonyl (C=O) groups is 2. The van der Waals surface area contributed by atoms with E-state index in [0.29, 0.717) is 24.4 Å². The maximum atomic E-state index is 13.8. The Morgan fingerprint density at radius 1 is 1.00 bits per heavy atom. The van der Waals surface area contributed by atoms with Gasteiger partial charge in [-0.1, -0.05) is 62.8 Å². The molecule has 0 bridgehead atoms. The molecule has 2 saturated carbocycles. The molecule has 7 nitrogen and oxygen atoms in total. The summed E-state index contributed by atoms with van der Waals surface area (Å²) in [7, 11) is 0. The molecule has 0 aliphatic heterocycles. The lowest BCUT2D eigenvalue weighted by Gasteiger charge is -2.35. The highest BCUT2D eigenvalue weighted by Crippen LogP contribution is 2.34. The van der Waals surface area contributed by atoms with Crippen molar-refractivity contribution in [2.75, 3.05) is 13.1 Å². The number of amides is 1. The summed E-state index contributed by atoms with van der Waals surface area (Å²) in [5.74, 6) is -0.586. The topological polar surface area (TPSA) is 114 Å². The highest BCUT2D eigenvalue weighted by molar-refractivity contribution is 5.95. The van der Waals surface area contributed by atoms with Crippen LogP contribution in [-0.2, 0) is 16.0 Å². The van der Waals surface area contributed by atoms with Gasteiger partial charge in [0.2, 0.25) is 5.91 Å². The van der Waals surface area contributed by atoms with Gasteiger partial charge in [0.1, 0.15) is 12.4 Å². The first-order valence-electron chi connectivity index (χ1n) is 12.1. The zero-order chi connectivity index (χ0) is 22.9. The van der Waals surface area contributed by atoms with Crippen molar-refractivity contribution in [3.8, 4) is 0 Å². The molecule has 1 aromatic carbocycles. The van der Waals surface area contributed by atoms with Crippen LogP contribution < -0.4 is 5.48 Å². The van der Waals surface area contributed by atoms with E-state index in [1.165, 1.54) is 12.8 Å². The predicted molar refractivity (Wildman–Crippen MR) is 123 cm³/mol. The van der Waals surface area contributed by atoms with Gasteiger partial charge in [-0.2, -0.15) is 0 Å². The molecule has 0 heterocycles. The number of nitrogens with one attached hydrogen (secondary N) is 2. The first-order valence-corrected chi connectivity index (χ1v) is 12.1. The molecule has 0 aromatic heterocycles. The Balaban J connectivity index is 1.79. The van der Waals surface area contributed by atoms with Crippen molar-refractivity contribution >= 4 is 17.7 Å². The standard InChI is InChI=1S/C25H37N3O4/c26-24(27-32)21-13-11-18(12-14-21)15-22(20-9-5-2-6-10-20)25(31)28(17-23(29)30)16-19-7-3-1-4-8-19/h11-14,19-20,22,32H,1-10,15-17H2,(H2,26,27)(H,29,30)/t22-/m0/s1. The fraction of sp³-hybridized carbons (Fsp3) is 0.640. The molecule has 1 atom stereocenters. The van der Waals surface area contributed by atoms with Gasteiger partial charge in [0, 0.05) is 18.0 Å². The second-order valence-corrected chi connectivity index (χ2v) is 9.51. The Bertz CT molecular complexity index is 768. The summed E-state index contributed by atoms with van der Waals surface area (Å²) in [4.78, 5) is 27.0. The van der Waals surface area contributed by atoms with E-state index in [9.17, 15) is 14.7 Å². The number of benzene rings is 1. The van der Waals surface area contributed by atoms with Crippen LogP contribution in [0.15, 0.2) is 24.3 Å². The molecule has 1 amide bonds. The minimum atomic E-state index is -0.948. The third-order valence-electron chi connectivity index (χ3n) is 7.19. The molecular formula is C25H37N3O4. The summed E-state index contributed by atoms with van der Waals surface area (Å²) in [6, 6.07) is 7.32. The van der Waals surface area contributed by atoms with Crippen LogP contribution in [0.3, 0.4) is 0 Å². The van der Waals surface area contributed by atoms with Crippen LogP contribution in [0.5, 0.6) is 0 Å². The number of hydrogen-bond acceptors (Lipinski definition) is 4. The Hall–Kier alpha value is -2.41. The van der Waals surface area contributed by atoms with E-state index in [4.69, 9.17) is 10.6 Å². The smallest absolute Gasteiger partial charge is 0.323 e. The van der Waals surface area contributed by atoms with Crippen LogP contribution in [-0.4, -0.2) is 46.0 Å². The number of amidine groups is 1. The first-order chi connectivity index (χ1) is 15.5. The van der Waals surface area contributed by atoms with Crippen LogP contribution in [0, 0.1) is 23.2 Å². The lowest BCUT2D eigenvalue weighted by atomic mass is 9.76. The molecular weight excluding hydrogens is 406 g/mol. The lowest BCUT2D eigenvalue weighted by Crippen LogP contribution is -2.45. The summed E-state index contributed by atoms with van der Waals surface area (Å²) in [6.07, 6.45) is 11.7. The Morgan fingerprint density at radius 2 is 1.59 bits per heavy atom. The lowest BCUT2D eigenvalue weighted by molar-refractivity contribution is -0.148. The zero-order valence-corrected chi connectivity index (χ0v) is 18.9. The third-order valence-corrected chi connectivity index (χ3v) is 7.19. The largest absolute Gasteiger partial charge is 0.480 e. The molecule has 7 heteroatoms. The summed E-state index contributed by atoms with van der Waals surface area (Å²) >= 11 is 0. The highest BCUT2D eigenvalue weighted by Gasteiger charge is 2.34. The van der Waals surface area contributed by atoms with Gasteiger partial charge >= 0.3 is 5.97 Å². The molecule has 3 rings (SSSR count). The third kappa shape index (κ3) is 6.79. The molecule has 0 spiro atoms. The molecule has 2 aliphatic carbocycles. The number of carbonyl (C=O) groups excluding carboxylic acids is 1. The number of aliphatic carboxylic acids is 1. The molecule has 32 heavy (non-hydrogen) atoms. The number of hydroxylamine groups is 1. The molecule has 1 aromatic rings. The van der Waals surface area contributed by atoms with E-state index < -0.39 is 5.97 Å². The maximum Gasteiger partial charge on any atom is 0.323 e. The minimum absolute atomic E-state index is 0.0151. The van der Waals surface area contributed by atoms with Gasteiger partial charge in [-0.3, -0.25) is 25.7 Å². The molecule has 2 aliphatic rings. The fourth-order valence-electron chi connectivity index (χ4n) is 5.43. The SMILES string of the molecule is N=C(NO)c1ccc(C[C@H](C(=O)N(CC(=O)O)CC2CCCCC2)C2CCCCC2)cc1. The number of nitrogens with zero attached hydrogens (tertiary/aromatic N) is 1. The van der Waals surface area contributed by atoms with Crippen molar-refractivity contribution in [1.82, 2.24) is 10.4 Å². The van der Waals surface area contributed by atoms with Crippen LogP contribution >= 0.6 is 0 Å². The van der Waals surface area contributed by atoms with Crippen molar-refractivity contribution in [1.29, 1.82) is 5.41 Å². The highest BCUT2D eigenvalue weighted by atomic mass is 16.5. The van der Waals surface area contributed by atoms with Crippen molar-refractivity contribution in [3.63, 3.8) is 0 Å². The Labute approximate surface area is 190 Å². The molecule has 176 valence electrons. The Morgan fingerprint density at radius 3 is 2.16 bits per heavy atom. The summed E-state index contributed by atoms with van der Waals surface area (Å²) in [5.41, 5.74) is 3.42. The van der Waals surface area contributed by atoms with Crippen molar-refractivity contribution in [2.24, 2.45) is 17.8 Å². The first kappa shape index (κ1) is 24.2. The van der Waals surface area contributed by atoms with Gasteiger partial charge in [0.15, 0.2) is 0 Å². The van der Waals surface area contributed by atoms with Crippen LogP contribution in [0.1, 0.15) is 75.3 Å². The van der Waals surface area contributed by atoms with E-state index in [1.54, 1.807) is 17.0 Å². The predicted octanol–water partition coefficient (Wildman–Crippen LogP) is 4.22. The van der Waals surface area contributed by atoms with E-state index in [2.05, 4.69) is 0 Å². The minimum Gasteiger partial charge on any atom is -0.480 e. The van der Waals surface area contributed by atoms with Crippen molar-refractivity contribution in [3.05, 3.63) is 35.4 Å². The quantitative estimate of drug-likeness (QED) is 0.259. The average molecular weight is 444 g/mol. The van der Waals surface area contributed by atoms with Gasteiger partial charge in [-0.05, 0) is 49.5 Å². The number of carboxylic acid groups (broad SMARTS) is 1. The molecule has 0 unspecified atom stereocenters.